The van der Waals surface area contributed by atoms with Gasteiger partial charge in [-0.25, -0.2) is 0 Å². The van der Waals surface area contributed by atoms with Crippen LogP contribution in [0.5, 0.6) is 0 Å². The molecule has 1 aromatic rings. The molecule has 1 fully saturated rings. The van der Waals surface area contributed by atoms with Crippen molar-refractivity contribution >= 4 is 17.5 Å². The summed E-state index contributed by atoms with van der Waals surface area (Å²) in [6.45, 7) is -0.0412. The van der Waals surface area contributed by atoms with Crippen LogP contribution in [0.1, 0.15) is 5.56 Å². The van der Waals surface area contributed by atoms with Gasteiger partial charge in [0.2, 0.25) is 5.91 Å². The number of hydrogen-bond acceptors (Lipinski definition) is 4. The van der Waals surface area contributed by atoms with Gasteiger partial charge in [0.25, 0.3) is 5.91 Å². The summed E-state index contributed by atoms with van der Waals surface area (Å²) < 4.78 is 37.5. The van der Waals surface area contributed by atoms with E-state index in [0.29, 0.717) is 0 Å². The van der Waals surface area contributed by atoms with Crippen LogP contribution < -0.4 is 16.2 Å². The number of alkyl halides is 3. The highest BCUT2D eigenvalue weighted by molar-refractivity contribution is 6.02. The molecule has 1 aliphatic heterocycles. The van der Waals surface area contributed by atoms with Crippen LogP contribution >= 0.6 is 0 Å². The van der Waals surface area contributed by atoms with E-state index in [1.54, 1.807) is 0 Å². The molecular weight excluding hydrogens is 291 g/mol. The lowest BCUT2D eigenvalue weighted by molar-refractivity contribution is -0.137. The standard InChI is InChI=1S/C12H12F3N3O3/c13-12(14,15)6-2-1-3-7(4-6)17-18-11(21)9-8(19)5-16-10(9)20/h1-4,8-9,17,19H,5H2,(H,16,20)(H,18,21). The first-order chi connectivity index (χ1) is 9.79. The van der Waals surface area contributed by atoms with E-state index < -0.39 is 35.6 Å². The molecule has 1 saturated heterocycles. The van der Waals surface area contributed by atoms with Crippen molar-refractivity contribution in [1.29, 1.82) is 0 Å². The summed E-state index contributed by atoms with van der Waals surface area (Å²) in [6, 6.07) is 4.20. The highest BCUT2D eigenvalue weighted by Gasteiger charge is 2.39. The second kappa shape index (κ2) is 5.60. The average molecular weight is 303 g/mol. The van der Waals surface area contributed by atoms with Crippen LogP contribution in [0.4, 0.5) is 18.9 Å². The summed E-state index contributed by atoms with van der Waals surface area (Å²) in [5.41, 5.74) is 3.52. The molecule has 0 spiro atoms. The molecule has 0 aromatic heterocycles. The van der Waals surface area contributed by atoms with Crippen molar-refractivity contribution in [2.45, 2.75) is 12.3 Å². The fourth-order valence-electron chi connectivity index (χ4n) is 1.89. The molecule has 9 heteroatoms. The van der Waals surface area contributed by atoms with E-state index in [0.717, 1.165) is 12.1 Å². The molecule has 0 saturated carbocycles. The molecule has 114 valence electrons. The summed E-state index contributed by atoms with van der Waals surface area (Å²) in [4.78, 5) is 23.0. The lowest BCUT2D eigenvalue weighted by Gasteiger charge is -2.14. The number of rotatable bonds is 3. The summed E-state index contributed by atoms with van der Waals surface area (Å²) in [5, 5.41) is 11.8. The number of hydrazine groups is 1. The maximum Gasteiger partial charge on any atom is 0.416 e. The first-order valence-corrected chi connectivity index (χ1v) is 5.98. The number of carbonyl (C=O) groups is 2. The van der Waals surface area contributed by atoms with E-state index in [2.05, 4.69) is 16.2 Å². The number of anilines is 1. The Labute approximate surface area is 117 Å². The topological polar surface area (TPSA) is 90.5 Å². The van der Waals surface area contributed by atoms with E-state index in [1.165, 1.54) is 12.1 Å². The smallest absolute Gasteiger partial charge is 0.390 e. The second-order valence-electron chi connectivity index (χ2n) is 4.48. The Hall–Kier alpha value is -2.29. The third-order valence-corrected chi connectivity index (χ3v) is 2.96. The van der Waals surface area contributed by atoms with E-state index in [1.807, 2.05) is 0 Å². The van der Waals surface area contributed by atoms with Gasteiger partial charge in [-0.3, -0.25) is 20.4 Å². The largest absolute Gasteiger partial charge is 0.416 e. The number of carbonyl (C=O) groups excluding carboxylic acids is 2. The Morgan fingerprint density at radius 1 is 1.38 bits per heavy atom. The zero-order valence-corrected chi connectivity index (χ0v) is 10.6. The van der Waals surface area contributed by atoms with Gasteiger partial charge in [0, 0.05) is 6.54 Å². The van der Waals surface area contributed by atoms with Gasteiger partial charge in [-0.05, 0) is 18.2 Å². The molecule has 4 N–H and O–H groups in total. The number of benzene rings is 1. The van der Waals surface area contributed by atoms with Gasteiger partial charge in [-0.15, -0.1) is 0 Å². The number of aliphatic hydroxyl groups excluding tert-OH is 1. The quantitative estimate of drug-likeness (QED) is 0.476. The van der Waals surface area contributed by atoms with Crippen LogP contribution in [0.2, 0.25) is 0 Å². The first-order valence-electron chi connectivity index (χ1n) is 5.98. The molecule has 21 heavy (non-hydrogen) atoms. The van der Waals surface area contributed by atoms with Gasteiger partial charge in [0.15, 0.2) is 0 Å². The zero-order chi connectivity index (χ0) is 15.6. The van der Waals surface area contributed by atoms with E-state index >= 15 is 0 Å². The number of amides is 2. The Morgan fingerprint density at radius 3 is 2.67 bits per heavy atom. The molecule has 0 radical (unpaired) electrons. The number of β-amino-alcohol motifs (C(OH)–C–C–N with tert-alkyl or cyclic N) is 1. The molecule has 0 aliphatic carbocycles. The Bertz CT molecular complexity index is 562. The SMILES string of the molecule is O=C1NCC(O)C1C(=O)NNc1cccc(C(F)(F)F)c1. The third kappa shape index (κ3) is 3.43. The maximum atomic E-state index is 12.5. The highest BCUT2D eigenvalue weighted by Crippen LogP contribution is 2.30. The molecular formula is C12H12F3N3O3. The van der Waals surface area contributed by atoms with Crippen molar-refractivity contribution < 1.29 is 27.9 Å². The fourth-order valence-corrected chi connectivity index (χ4v) is 1.89. The second-order valence-corrected chi connectivity index (χ2v) is 4.48. The predicted octanol–water partition coefficient (Wildman–Crippen LogP) is 0.255. The first kappa shape index (κ1) is 15.1. The number of aliphatic hydroxyl groups is 1. The van der Waals surface area contributed by atoms with Crippen LogP contribution in [0.3, 0.4) is 0 Å². The average Bonchev–Trinajstić information content (AvgIpc) is 2.75. The fraction of sp³-hybridized carbons (Fsp3) is 0.333. The lowest BCUT2D eigenvalue weighted by atomic mass is 10.1. The van der Waals surface area contributed by atoms with Crippen LogP contribution in [-0.2, 0) is 15.8 Å². The number of halogens is 3. The molecule has 2 unspecified atom stereocenters. The zero-order valence-electron chi connectivity index (χ0n) is 10.6. The summed E-state index contributed by atoms with van der Waals surface area (Å²) in [7, 11) is 0. The van der Waals surface area contributed by atoms with Crippen LogP contribution in [-0.4, -0.2) is 29.6 Å². The van der Waals surface area contributed by atoms with Crippen molar-refractivity contribution in [1.82, 2.24) is 10.7 Å². The van der Waals surface area contributed by atoms with Gasteiger partial charge in [-0.2, -0.15) is 13.2 Å². The van der Waals surface area contributed by atoms with Gasteiger partial charge in [0.05, 0.1) is 17.4 Å². The van der Waals surface area contributed by atoms with Crippen LogP contribution in [0, 0.1) is 5.92 Å². The van der Waals surface area contributed by atoms with E-state index in [-0.39, 0.29) is 12.2 Å². The van der Waals surface area contributed by atoms with Crippen LogP contribution in [0.15, 0.2) is 24.3 Å². The van der Waals surface area contributed by atoms with Crippen molar-refractivity contribution in [2.75, 3.05) is 12.0 Å². The normalized spacial score (nSPS) is 21.8. The number of nitrogens with one attached hydrogen (secondary N) is 3. The number of hydrogen-bond donors (Lipinski definition) is 4. The monoisotopic (exact) mass is 303 g/mol. The molecule has 1 heterocycles. The molecule has 6 nitrogen and oxygen atoms in total. The van der Waals surface area contributed by atoms with E-state index in [9.17, 15) is 27.9 Å². The van der Waals surface area contributed by atoms with Crippen molar-refractivity contribution in [3.8, 4) is 0 Å². The molecule has 0 bridgehead atoms. The molecule has 2 amide bonds. The van der Waals surface area contributed by atoms with Gasteiger partial charge >= 0.3 is 6.18 Å². The minimum absolute atomic E-state index is 0.00562. The molecule has 1 aromatic carbocycles. The Balaban J connectivity index is 2.00. The summed E-state index contributed by atoms with van der Waals surface area (Å²) in [5.74, 6) is -2.75. The van der Waals surface area contributed by atoms with Crippen molar-refractivity contribution in [2.24, 2.45) is 5.92 Å². The summed E-state index contributed by atoms with van der Waals surface area (Å²) >= 11 is 0. The minimum atomic E-state index is -4.50. The molecule has 2 rings (SSSR count). The van der Waals surface area contributed by atoms with Gasteiger partial charge in [-0.1, -0.05) is 6.07 Å². The predicted molar refractivity (Wildman–Crippen MR) is 65.7 cm³/mol. The lowest BCUT2D eigenvalue weighted by Crippen LogP contribution is -2.42. The highest BCUT2D eigenvalue weighted by atomic mass is 19.4. The molecule has 2 atom stereocenters. The molecule has 1 aliphatic rings. The van der Waals surface area contributed by atoms with Crippen LogP contribution in [0.25, 0.3) is 0 Å². The van der Waals surface area contributed by atoms with Gasteiger partial charge in [0.1, 0.15) is 5.92 Å². The Kier molecular flexibility index (Phi) is 4.03. The van der Waals surface area contributed by atoms with Crippen molar-refractivity contribution in [3.05, 3.63) is 29.8 Å². The maximum absolute atomic E-state index is 12.5. The van der Waals surface area contributed by atoms with E-state index in [4.69, 9.17) is 0 Å². The summed E-state index contributed by atoms with van der Waals surface area (Å²) in [6.07, 6.45) is -5.66. The third-order valence-electron chi connectivity index (χ3n) is 2.96. The Morgan fingerprint density at radius 2 is 2.10 bits per heavy atom. The van der Waals surface area contributed by atoms with Crippen molar-refractivity contribution in [3.63, 3.8) is 0 Å². The van der Waals surface area contributed by atoms with Gasteiger partial charge < -0.3 is 10.4 Å². The minimum Gasteiger partial charge on any atom is -0.390 e.